The van der Waals surface area contributed by atoms with Crippen LogP contribution in [0.5, 0.6) is 0 Å². The van der Waals surface area contributed by atoms with Gasteiger partial charge in [0.1, 0.15) is 0 Å². The van der Waals surface area contributed by atoms with Crippen molar-refractivity contribution in [2.45, 2.75) is 81.7 Å². The van der Waals surface area contributed by atoms with E-state index in [9.17, 15) is 0 Å². The molecule has 5 fully saturated rings. The van der Waals surface area contributed by atoms with E-state index in [1.807, 2.05) is 0 Å². The third kappa shape index (κ3) is 1.47. The number of hydrogen-bond donors (Lipinski definition) is 0. The van der Waals surface area contributed by atoms with E-state index in [-0.39, 0.29) is 0 Å². The summed E-state index contributed by atoms with van der Waals surface area (Å²) in [5, 5.41) is 0. The van der Waals surface area contributed by atoms with E-state index in [0.29, 0.717) is 10.1 Å². The number of hydrogen-bond acceptors (Lipinski definition) is 0. The molecule has 2 heteroatoms. The van der Waals surface area contributed by atoms with Crippen molar-refractivity contribution in [1.82, 2.24) is 0 Å². The third-order valence-corrected chi connectivity index (χ3v) is 32.9. The highest BCUT2D eigenvalue weighted by molar-refractivity contribution is 7.61. The maximum absolute atomic E-state index is 2.79. The minimum absolute atomic E-state index is 0.518. The van der Waals surface area contributed by atoms with Crippen molar-refractivity contribution in [3.8, 4) is 0 Å². The Hall–Kier alpha value is -0.606. The molecule has 2 atom stereocenters. The summed E-state index contributed by atoms with van der Waals surface area (Å²) in [6.07, 6.45) is 11.3. The van der Waals surface area contributed by atoms with Gasteiger partial charge in [-0.3, -0.25) is 0 Å². The summed E-state index contributed by atoms with van der Waals surface area (Å²) in [4.78, 5) is 0. The van der Waals surface area contributed by atoms with Crippen LogP contribution in [0, 0.1) is 17.8 Å². The van der Waals surface area contributed by atoms with Crippen molar-refractivity contribution in [2.24, 2.45) is 11.8 Å². The van der Waals surface area contributed by atoms with E-state index in [0.717, 1.165) is 11.8 Å². The Morgan fingerprint density at radius 3 is 2.23 bits per heavy atom. The quantitative estimate of drug-likeness (QED) is 0.492. The molecule has 2 unspecified atom stereocenters. The molecular formula is C24H33Si2. The lowest BCUT2D eigenvalue weighted by atomic mass is 9.46. The molecule has 1 aromatic rings. The van der Waals surface area contributed by atoms with Crippen LogP contribution in [0.1, 0.15) is 55.7 Å². The Bertz CT molecular complexity index is 831. The van der Waals surface area contributed by atoms with Gasteiger partial charge >= 0.3 is 0 Å². The van der Waals surface area contributed by atoms with Gasteiger partial charge < -0.3 is 0 Å². The molecule has 26 heavy (non-hydrogen) atoms. The second kappa shape index (κ2) is 4.51. The molecule has 0 aromatic heterocycles. The second-order valence-electron chi connectivity index (χ2n) is 11.5. The van der Waals surface area contributed by atoms with Crippen LogP contribution in [0.3, 0.4) is 0 Å². The van der Waals surface area contributed by atoms with E-state index in [4.69, 9.17) is 0 Å². The van der Waals surface area contributed by atoms with Crippen molar-refractivity contribution in [3.63, 3.8) is 0 Å². The lowest BCUT2D eigenvalue weighted by Gasteiger charge is -2.65. The Labute approximate surface area is 161 Å². The summed E-state index contributed by atoms with van der Waals surface area (Å²) in [5.41, 5.74) is 7.17. The molecule has 0 N–H and O–H groups in total. The zero-order chi connectivity index (χ0) is 18.1. The monoisotopic (exact) mass is 377 g/mol. The SMILES string of the molecule is CC1=Cc2c(cccc2C23CC4C[C](CC(C4)C2)C32[Si](C)(C)[Si]2(C)C)C1. The molecule has 1 spiro atoms. The Balaban J connectivity index is 1.65. The molecule has 0 nitrogen and oxygen atoms in total. The fourth-order valence-corrected chi connectivity index (χ4v) is 32.3. The van der Waals surface area contributed by atoms with Crippen LogP contribution in [0.2, 0.25) is 30.8 Å². The molecule has 4 bridgehead atoms. The first kappa shape index (κ1) is 16.4. The summed E-state index contributed by atoms with van der Waals surface area (Å²) in [5.74, 6) is 4.10. The van der Waals surface area contributed by atoms with Crippen molar-refractivity contribution >= 4 is 21.3 Å². The molecule has 1 aromatic carbocycles. The standard InChI is InChI=1S/C24H33Si2/c1-16-9-19-7-6-8-22(21(19)10-16)23-14-17-11-18(15-23)13-20(12-17)24(23)25(2,3)26(24,4)5/h6-8,10,17-18H,9,11-15H2,1-5H3. The van der Waals surface area contributed by atoms with E-state index < -0.39 is 15.2 Å². The average molecular weight is 378 g/mol. The van der Waals surface area contributed by atoms with Gasteiger partial charge in [-0.2, -0.15) is 0 Å². The number of fused-ring (bicyclic) bond motifs is 1. The van der Waals surface area contributed by atoms with Crippen LogP contribution in [0.15, 0.2) is 23.8 Å². The van der Waals surface area contributed by atoms with Crippen LogP contribution in [0.25, 0.3) is 6.08 Å². The molecule has 0 amide bonds. The van der Waals surface area contributed by atoms with Gasteiger partial charge in [0.25, 0.3) is 0 Å². The van der Waals surface area contributed by atoms with Crippen LogP contribution in [-0.2, 0) is 11.8 Å². The van der Waals surface area contributed by atoms with Crippen molar-refractivity contribution < 1.29 is 0 Å². The first-order valence-corrected chi connectivity index (χ1v) is 17.9. The highest BCUT2D eigenvalue weighted by Gasteiger charge is 2.90. The van der Waals surface area contributed by atoms with Crippen molar-refractivity contribution in [2.75, 3.05) is 0 Å². The van der Waals surface area contributed by atoms with E-state index >= 15 is 0 Å². The Morgan fingerprint density at radius 1 is 0.962 bits per heavy atom. The molecule has 1 radical (unpaired) electrons. The molecule has 1 heterocycles. The maximum Gasteiger partial charge on any atom is 0.0466 e. The first-order valence-electron chi connectivity index (χ1n) is 10.9. The first-order chi connectivity index (χ1) is 12.2. The summed E-state index contributed by atoms with van der Waals surface area (Å²) < 4.78 is 0.708. The normalized spacial score (nSPS) is 40.0. The summed E-state index contributed by atoms with van der Waals surface area (Å²) >= 11 is 0. The smallest absolute Gasteiger partial charge is 0.0466 e. The summed E-state index contributed by atoms with van der Waals surface area (Å²) in [6.45, 7) is 13.5. The van der Waals surface area contributed by atoms with Crippen molar-refractivity contribution in [3.05, 3.63) is 46.4 Å². The van der Waals surface area contributed by atoms with E-state index in [1.54, 1.807) is 22.3 Å². The van der Waals surface area contributed by atoms with Gasteiger partial charge in [0.15, 0.2) is 0 Å². The van der Waals surface area contributed by atoms with Crippen LogP contribution >= 0.6 is 0 Å². The predicted molar refractivity (Wildman–Crippen MR) is 116 cm³/mol. The molecular weight excluding hydrogens is 344 g/mol. The zero-order valence-corrected chi connectivity index (χ0v) is 19.2. The second-order valence-corrected chi connectivity index (χ2v) is 27.5. The van der Waals surface area contributed by atoms with Gasteiger partial charge in [0.2, 0.25) is 0 Å². The van der Waals surface area contributed by atoms with Gasteiger partial charge in [0.05, 0.1) is 0 Å². The Kier molecular flexibility index (Phi) is 2.84. The molecule has 5 aliphatic carbocycles. The molecule has 6 aliphatic rings. The summed E-state index contributed by atoms with van der Waals surface area (Å²) in [7, 11) is -2.33. The minimum atomic E-state index is -1.17. The third-order valence-electron chi connectivity index (χ3n) is 10.2. The highest BCUT2D eigenvalue weighted by Crippen LogP contribution is 2.88. The number of allylic oxidation sites excluding steroid dienone is 1. The van der Waals surface area contributed by atoms with Crippen LogP contribution in [-0.4, -0.2) is 15.2 Å². The minimum Gasteiger partial charge on any atom is -0.0710 e. The van der Waals surface area contributed by atoms with Gasteiger partial charge in [-0.05, 0) is 90.0 Å². The molecule has 1 aliphatic heterocycles. The molecule has 137 valence electrons. The van der Waals surface area contributed by atoms with Crippen LogP contribution < -0.4 is 0 Å². The molecule has 4 saturated carbocycles. The fraction of sp³-hybridized carbons (Fsp3) is 0.625. The zero-order valence-electron chi connectivity index (χ0n) is 17.2. The Morgan fingerprint density at radius 2 is 1.62 bits per heavy atom. The fourth-order valence-electron chi connectivity index (χ4n) is 9.52. The van der Waals surface area contributed by atoms with E-state index in [2.05, 4.69) is 63.3 Å². The average Bonchev–Trinajstić information content (AvgIpc) is 2.81. The lowest BCUT2D eigenvalue weighted by molar-refractivity contribution is 0.0506. The van der Waals surface area contributed by atoms with Gasteiger partial charge in [-0.1, -0.05) is 56.0 Å². The van der Waals surface area contributed by atoms with Gasteiger partial charge in [0, 0.05) is 15.2 Å². The van der Waals surface area contributed by atoms with Gasteiger partial charge in [-0.25, -0.2) is 0 Å². The predicted octanol–water partition coefficient (Wildman–Crippen LogP) is 6.47. The van der Waals surface area contributed by atoms with Crippen LogP contribution in [0.4, 0.5) is 0 Å². The lowest BCUT2D eigenvalue weighted by Crippen LogP contribution is -2.56. The summed E-state index contributed by atoms with van der Waals surface area (Å²) in [6, 6.07) is 7.39. The largest absolute Gasteiger partial charge is 0.0710 e. The van der Waals surface area contributed by atoms with E-state index in [1.165, 1.54) is 38.5 Å². The maximum atomic E-state index is 2.79. The topological polar surface area (TPSA) is 0 Å². The van der Waals surface area contributed by atoms with Crippen molar-refractivity contribution in [1.29, 1.82) is 0 Å². The number of rotatable bonds is 1. The number of benzene rings is 1. The molecule has 1 saturated heterocycles. The van der Waals surface area contributed by atoms with Gasteiger partial charge in [-0.15, -0.1) is 0 Å². The highest BCUT2D eigenvalue weighted by atomic mass is 29.3. The molecule has 7 rings (SSSR count).